The topological polar surface area (TPSA) is 37.3 Å². The van der Waals surface area contributed by atoms with Gasteiger partial charge in [0, 0.05) is 4.90 Å². The molecule has 0 radical (unpaired) electrons. The third kappa shape index (κ3) is 5.58. The first-order valence-electron chi connectivity index (χ1n) is 7.49. The van der Waals surface area contributed by atoms with Crippen LogP contribution < -0.4 is 0 Å². The Kier molecular flexibility index (Phi) is 6.56. The van der Waals surface area contributed by atoms with Gasteiger partial charge in [-0.25, -0.2) is 0 Å². The largest absolute Gasteiger partial charge is 0.388 e. The van der Waals surface area contributed by atoms with Gasteiger partial charge in [-0.3, -0.25) is 4.21 Å². The van der Waals surface area contributed by atoms with Crippen LogP contribution >= 0.6 is 0 Å². The fourth-order valence-electron chi connectivity index (χ4n) is 2.14. The Morgan fingerprint density at radius 1 is 1.09 bits per heavy atom. The van der Waals surface area contributed by atoms with Crippen molar-refractivity contribution in [3.05, 3.63) is 77.9 Å². The van der Waals surface area contributed by atoms with Crippen LogP contribution in [0.5, 0.6) is 0 Å². The summed E-state index contributed by atoms with van der Waals surface area (Å²) < 4.78 is 12.1. The molecule has 22 heavy (non-hydrogen) atoms. The van der Waals surface area contributed by atoms with E-state index in [4.69, 9.17) is 0 Å². The lowest BCUT2D eigenvalue weighted by molar-refractivity contribution is 0.247. The predicted octanol–water partition coefficient (Wildman–Crippen LogP) is 3.65. The third-order valence-corrected chi connectivity index (χ3v) is 4.85. The number of aryl methyl sites for hydroxylation is 2. The normalized spacial score (nSPS) is 14.1. The number of allylic oxidation sites excluding steroid dienone is 1. The van der Waals surface area contributed by atoms with Crippen LogP contribution in [0.4, 0.5) is 0 Å². The van der Waals surface area contributed by atoms with Crippen molar-refractivity contribution in [2.45, 2.75) is 30.8 Å². The van der Waals surface area contributed by atoms with E-state index in [9.17, 15) is 9.32 Å². The number of aliphatic hydroxyl groups is 1. The summed E-state index contributed by atoms with van der Waals surface area (Å²) in [5.74, 6) is 0.241. The number of rotatable bonds is 7. The Morgan fingerprint density at radius 3 is 2.45 bits per heavy atom. The smallest absolute Gasteiger partial charge is 0.0839 e. The number of hydrogen-bond donors (Lipinski definition) is 1. The molecule has 2 nitrogen and oxygen atoms in total. The molecule has 0 aromatic heterocycles. The highest BCUT2D eigenvalue weighted by molar-refractivity contribution is 7.85. The summed E-state index contributed by atoms with van der Waals surface area (Å²) in [6.07, 6.45) is 4.86. The summed E-state index contributed by atoms with van der Waals surface area (Å²) in [5.41, 5.74) is 2.42. The van der Waals surface area contributed by atoms with Crippen molar-refractivity contribution in [2.24, 2.45) is 0 Å². The van der Waals surface area contributed by atoms with E-state index >= 15 is 0 Å². The molecule has 0 unspecified atom stereocenters. The van der Waals surface area contributed by atoms with Gasteiger partial charge in [-0.15, -0.1) is 0 Å². The molecule has 1 N–H and O–H groups in total. The zero-order valence-corrected chi connectivity index (χ0v) is 13.6. The molecule has 2 aromatic carbocycles. The van der Waals surface area contributed by atoms with Crippen molar-refractivity contribution >= 4 is 10.8 Å². The minimum atomic E-state index is -1.16. The van der Waals surface area contributed by atoms with Gasteiger partial charge in [-0.1, -0.05) is 60.2 Å². The van der Waals surface area contributed by atoms with E-state index in [-0.39, 0.29) is 5.75 Å². The van der Waals surface area contributed by atoms with Crippen LogP contribution in [0.1, 0.15) is 17.5 Å². The van der Waals surface area contributed by atoms with E-state index in [1.54, 1.807) is 6.08 Å². The molecule has 0 saturated heterocycles. The summed E-state index contributed by atoms with van der Waals surface area (Å²) in [4.78, 5) is 0.766. The number of hydrogen-bond acceptors (Lipinski definition) is 2. The molecule has 3 heteroatoms. The van der Waals surface area contributed by atoms with E-state index in [1.807, 2.05) is 55.5 Å². The van der Waals surface area contributed by atoms with Crippen LogP contribution in [0.2, 0.25) is 0 Å². The van der Waals surface area contributed by atoms with Crippen molar-refractivity contribution < 1.29 is 9.32 Å². The fourth-order valence-corrected chi connectivity index (χ4v) is 3.20. The fraction of sp³-hybridized carbons (Fsp3) is 0.263. The quantitative estimate of drug-likeness (QED) is 0.792. The first-order valence-corrected chi connectivity index (χ1v) is 8.81. The molecule has 0 aliphatic heterocycles. The average molecular weight is 314 g/mol. The molecule has 2 atom stereocenters. The molecule has 0 saturated carbocycles. The summed E-state index contributed by atoms with van der Waals surface area (Å²) >= 11 is 0. The first-order chi connectivity index (χ1) is 10.6. The van der Waals surface area contributed by atoms with Gasteiger partial charge in [0.05, 0.1) is 22.7 Å². The summed E-state index contributed by atoms with van der Waals surface area (Å²) in [5, 5.41) is 9.95. The molecule has 0 amide bonds. The second-order valence-corrected chi connectivity index (χ2v) is 6.84. The van der Waals surface area contributed by atoms with Gasteiger partial charge in [0.25, 0.3) is 0 Å². The summed E-state index contributed by atoms with van der Waals surface area (Å²) in [7, 11) is -1.16. The Bertz CT molecular complexity index is 618. The van der Waals surface area contributed by atoms with Gasteiger partial charge < -0.3 is 5.11 Å². The minimum absolute atomic E-state index is 0.241. The lowest BCUT2D eigenvalue weighted by Gasteiger charge is -2.06. The lowest BCUT2D eigenvalue weighted by atomic mass is 10.1. The molecule has 2 rings (SSSR count). The molecular weight excluding hydrogens is 292 g/mol. The second kappa shape index (κ2) is 8.66. The van der Waals surface area contributed by atoms with Crippen molar-refractivity contribution in [1.82, 2.24) is 0 Å². The molecule has 116 valence electrons. The van der Waals surface area contributed by atoms with Gasteiger partial charge in [-0.05, 0) is 37.5 Å². The standard InChI is InChI=1S/C19H22O2S/c1-16-11-13-19(14-12-16)22(21)15-18(20)10-6-5-9-17-7-3-2-4-8-17/h2-4,6-8,10-14,18,20H,5,9,15H2,1H3/b10-6+/t18-,22-/m0/s1. The average Bonchev–Trinajstić information content (AvgIpc) is 2.53. The Labute approximate surface area is 135 Å². The number of aliphatic hydroxyl groups excluding tert-OH is 1. The highest BCUT2D eigenvalue weighted by Gasteiger charge is 2.08. The van der Waals surface area contributed by atoms with Gasteiger partial charge in [0.15, 0.2) is 0 Å². The van der Waals surface area contributed by atoms with E-state index in [0.29, 0.717) is 0 Å². The van der Waals surface area contributed by atoms with E-state index in [1.165, 1.54) is 5.56 Å². The van der Waals surface area contributed by atoms with E-state index < -0.39 is 16.9 Å². The van der Waals surface area contributed by atoms with Crippen molar-refractivity contribution in [3.63, 3.8) is 0 Å². The van der Waals surface area contributed by atoms with E-state index in [2.05, 4.69) is 12.1 Å². The lowest BCUT2D eigenvalue weighted by Crippen LogP contribution is -2.14. The third-order valence-electron chi connectivity index (χ3n) is 3.41. The van der Waals surface area contributed by atoms with Crippen molar-refractivity contribution in [1.29, 1.82) is 0 Å². The minimum Gasteiger partial charge on any atom is -0.388 e. The molecular formula is C19H22O2S. The molecule has 0 bridgehead atoms. The van der Waals surface area contributed by atoms with Crippen LogP contribution in [0.3, 0.4) is 0 Å². The predicted molar refractivity (Wildman–Crippen MR) is 92.4 cm³/mol. The first kappa shape index (κ1) is 16.7. The van der Waals surface area contributed by atoms with Gasteiger partial charge in [0.1, 0.15) is 0 Å². The Hall–Kier alpha value is -1.71. The molecule has 0 spiro atoms. The van der Waals surface area contributed by atoms with Crippen molar-refractivity contribution in [3.8, 4) is 0 Å². The Balaban J connectivity index is 1.77. The summed E-state index contributed by atoms with van der Waals surface area (Å²) in [6.45, 7) is 2.00. The molecule has 0 aliphatic rings. The highest BCUT2D eigenvalue weighted by Crippen LogP contribution is 2.10. The van der Waals surface area contributed by atoms with Crippen LogP contribution in [0.25, 0.3) is 0 Å². The molecule has 2 aromatic rings. The van der Waals surface area contributed by atoms with E-state index in [0.717, 1.165) is 23.3 Å². The van der Waals surface area contributed by atoms with Gasteiger partial charge in [0.2, 0.25) is 0 Å². The monoisotopic (exact) mass is 314 g/mol. The van der Waals surface area contributed by atoms with Crippen LogP contribution in [0, 0.1) is 6.92 Å². The zero-order chi connectivity index (χ0) is 15.8. The molecule has 0 fully saturated rings. The summed E-state index contributed by atoms with van der Waals surface area (Å²) in [6, 6.07) is 17.8. The highest BCUT2D eigenvalue weighted by atomic mass is 32.2. The molecule has 0 aliphatic carbocycles. The van der Waals surface area contributed by atoms with Gasteiger partial charge >= 0.3 is 0 Å². The maximum Gasteiger partial charge on any atom is 0.0839 e. The SMILES string of the molecule is Cc1ccc([S@@](=O)C[C@@H](O)/C=C/CCc2ccccc2)cc1. The zero-order valence-electron chi connectivity index (χ0n) is 12.8. The molecule has 0 heterocycles. The number of benzene rings is 2. The second-order valence-electron chi connectivity index (χ2n) is 5.35. The Morgan fingerprint density at radius 2 is 1.77 bits per heavy atom. The maximum atomic E-state index is 12.1. The van der Waals surface area contributed by atoms with Crippen LogP contribution in [0.15, 0.2) is 71.6 Å². The van der Waals surface area contributed by atoms with Crippen LogP contribution in [-0.2, 0) is 17.2 Å². The van der Waals surface area contributed by atoms with Crippen LogP contribution in [-0.4, -0.2) is 21.2 Å². The van der Waals surface area contributed by atoms with Crippen molar-refractivity contribution in [2.75, 3.05) is 5.75 Å². The van der Waals surface area contributed by atoms with Gasteiger partial charge in [-0.2, -0.15) is 0 Å². The maximum absolute atomic E-state index is 12.1.